The van der Waals surface area contributed by atoms with Crippen LogP contribution in [0.25, 0.3) is 0 Å². The zero-order valence-corrected chi connectivity index (χ0v) is 10.4. The number of aryl methyl sites for hydroxylation is 2. The van der Waals surface area contributed by atoms with Gasteiger partial charge in [-0.2, -0.15) is 10.4 Å². The summed E-state index contributed by atoms with van der Waals surface area (Å²) in [6, 6.07) is 9.54. The molecule has 1 heterocycles. The Morgan fingerprint density at radius 1 is 1.39 bits per heavy atom. The second-order valence-corrected chi connectivity index (χ2v) is 4.13. The second kappa shape index (κ2) is 4.80. The number of hydrogen-bond donors (Lipinski definition) is 2. The Labute approximate surface area is 106 Å². The molecule has 0 amide bonds. The largest absolute Gasteiger partial charge is 0.394 e. The Hall–Kier alpha value is -2.48. The summed E-state index contributed by atoms with van der Waals surface area (Å²) in [5, 5.41) is 16.2. The smallest absolute Gasteiger partial charge is 0.148 e. The molecule has 1 aromatic carbocycles. The summed E-state index contributed by atoms with van der Waals surface area (Å²) in [7, 11) is 1.85. The fourth-order valence-electron chi connectivity index (χ4n) is 1.77. The molecule has 0 saturated heterocycles. The van der Waals surface area contributed by atoms with Crippen LogP contribution in [0.3, 0.4) is 0 Å². The van der Waals surface area contributed by atoms with Crippen molar-refractivity contribution in [2.24, 2.45) is 7.05 Å². The van der Waals surface area contributed by atoms with E-state index in [1.165, 1.54) is 0 Å². The van der Waals surface area contributed by atoms with Crippen LogP contribution in [0, 0.1) is 18.3 Å². The molecule has 0 unspecified atom stereocenters. The molecule has 0 spiro atoms. The zero-order chi connectivity index (χ0) is 13.1. The molecule has 0 aliphatic rings. The van der Waals surface area contributed by atoms with Gasteiger partial charge in [0.15, 0.2) is 0 Å². The van der Waals surface area contributed by atoms with Crippen LogP contribution in [0.4, 0.5) is 11.5 Å². The van der Waals surface area contributed by atoms with E-state index in [0.29, 0.717) is 17.8 Å². The Kier molecular flexibility index (Phi) is 3.20. The average molecular weight is 241 g/mol. The van der Waals surface area contributed by atoms with Gasteiger partial charge in [0.2, 0.25) is 0 Å². The summed E-state index contributed by atoms with van der Waals surface area (Å²) < 4.78 is 1.73. The summed E-state index contributed by atoms with van der Waals surface area (Å²) in [6.45, 7) is 2.52. The van der Waals surface area contributed by atoms with Gasteiger partial charge in [-0.1, -0.05) is 12.1 Å². The molecule has 2 rings (SSSR count). The molecule has 5 nitrogen and oxygen atoms in total. The van der Waals surface area contributed by atoms with Crippen LogP contribution >= 0.6 is 0 Å². The van der Waals surface area contributed by atoms with Crippen molar-refractivity contribution in [3.05, 3.63) is 41.1 Å². The maximum absolute atomic E-state index is 8.72. The highest BCUT2D eigenvalue weighted by Crippen LogP contribution is 2.21. The van der Waals surface area contributed by atoms with Crippen LogP contribution in [0.1, 0.15) is 16.8 Å². The van der Waals surface area contributed by atoms with Gasteiger partial charge in [0.1, 0.15) is 5.82 Å². The minimum atomic E-state index is 0.648. The van der Waals surface area contributed by atoms with Gasteiger partial charge in [0, 0.05) is 13.6 Å². The number of nitrogens with zero attached hydrogens (tertiary/aromatic N) is 3. The van der Waals surface area contributed by atoms with Crippen LogP contribution in [0.2, 0.25) is 0 Å². The lowest BCUT2D eigenvalue weighted by molar-refractivity contribution is 0.758. The normalized spacial score (nSPS) is 10.1. The summed E-state index contributed by atoms with van der Waals surface area (Å²) in [5.41, 5.74) is 9.17. The van der Waals surface area contributed by atoms with E-state index in [2.05, 4.69) is 16.5 Å². The molecule has 2 aromatic rings. The molecule has 5 heteroatoms. The van der Waals surface area contributed by atoms with E-state index in [4.69, 9.17) is 11.0 Å². The number of nitrogens with two attached hydrogens (primary N) is 1. The third-order valence-electron chi connectivity index (χ3n) is 2.81. The molecule has 0 fully saturated rings. The third-order valence-corrected chi connectivity index (χ3v) is 2.81. The molecule has 0 bridgehead atoms. The van der Waals surface area contributed by atoms with Crippen molar-refractivity contribution < 1.29 is 0 Å². The number of hydrogen-bond acceptors (Lipinski definition) is 4. The van der Waals surface area contributed by atoms with Crippen molar-refractivity contribution in [3.63, 3.8) is 0 Å². The molecule has 0 radical (unpaired) electrons. The van der Waals surface area contributed by atoms with E-state index in [1.54, 1.807) is 16.8 Å². The number of nitrogen functional groups attached to an aromatic ring is 1. The predicted octanol–water partition coefficient (Wildman–Crippen LogP) is 1.79. The van der Waals surface area contributed by atoms with E-state index >= 15 is 0 Å². The van der Waals surface area contributed by atoms with Crippen LogP contribution in [0.15, 0.2) is 24.3 Å². The average Bonchev–Trinajstić information content (AvgIpc) is 2.62. The summed E-state index contributed by atoms with van der Waals surface area (Å²) >= 11 is 0. The van der Waals surface area contributed by atoms with E-state index in [0.717, 1.165) is 17.1 Å². The van der Waals surface area contributed by atoms with Gasteiger partial charge in [0.25, 0.3) is 0 Å². The zero-order valence-electron chi connectivity index (χ0n) is 10.4. The molecule has 18 heavy (non-hydrogen) atoms. The maximum Gasteiger partial charge on any atom is 0.148 e. The molecule has 92 valence electrons. The second-order valence-electron chi connectivity index (χ2n) is 4.13. The monoisotopic (exact) mass is 241 g/mol. The van der Waals surface area contributed by atoms with E-state index < -0.39 is 0 Å². The minimum absolute atomic E-state index is 0.648. The van der Waals surface area contributed by atoms with Crippen molar-refractivity contribution >= 4 is 11.5 Å². The molecular weight excluding hydrogens is 226 g/mol. The fourth-order valence-corrected chi connectivity index (χ4v) is 1.77. The number of nitrogens with one attached hydrogen (secondary N) is 1. The number of benzene rings is 1. The minimum Gasteiger partial charge on any atom is -0.394 e. The van der Waals surface area contributed by atoms with Gasteiger partial charge < -0.3 is 11.1 Å². The van der Waals surface area contributed by atoms with Crippen molar-refractivity contribution in [2.75, 3.05) is 11.1 Å². The van der Waals surface area contributed by atoms with Crippen LogP contribution in [-0.4, -0.2) is 9.78 Å². The Bertz CT molecular complexity index is 589. The molecule has 0 aliphatic heterocycles. The topological polar surface area (TPSA) is 79.7 Å². The van der Waals surface area contributed by atoms with Gasteiger partial charge in [-0.05, 0) is 24.6 Å². The predicted molar refractivity (Wildman–Crippen MR) is 70.8 cm³/mol. The van der Waals surface area contributed by atoms with Gasteiger partial charge in [-0.25, -0.2) is 0 Å². The quantitative estimate of drug-likeness (QED) is 0.858. The lowest BCUT2D eigenvalue weighted by atomic mass is 10.1. The first-order valence-electron chi connectivity index (χ1n) is 5.64. The van der Waals surface area contributed by atoms with Crippen LogP contribution in [-0.2, 0) is 13.6 Å². The highest BCUT2D eigenvalue weighted by molar-refractivity contribution is 5.64. The Morgan fingerprint density at radius 2 is 2.06 bits per heavy atom. The SMILES string of the molecule is Cc1nn(C)c(NCc2ccc(C#N)cc2)c1N. The van der Waals surface area contributed by atoms with Crippen LogP contribution < -0.4 is 11.1 Å². The molecule has 1 aromatic heterocycles. The number of rotatable bonds is 3. The Morgan fingerprint density at radius 3 is 2.56 bits per heavy atom. The molecule has 3 N–H and O–H groups in total. The molecule has 0 aliphatic carbocycles. The van der Waals surface area contributed by atoms with Crippen LogP contribution in [0.5, 0.6) is 0 Å². The van der Waals surface area contributed by atoms with E-state index in [1.807, 2.05) is 26.1 Å². The first kappa shape index (κ1) is 12.0. The summed E-state index contributed by atoms with van der Waals surface area (Å²) in [5.74, 6) is 0.817. The highest BCUT2D eigenvalue weighted by atomic mass is 15.3. The first-order chi connectivity index (χ1) is 8.61. The summed E-state index contributed by atoms with van der Waals surface area (Å²) in [4.78, 5) is 0. The number of nitriles is 1. The lowest BCUT2D eigenvalue weighted by Crippen LogP contribution is -2.06. The van der Waals surface area contributed by atoms with Gasteiger partial charge in [-0.15, -0.1) is 0 Å². The van der Waals surface area contributed by atoms with Gasteiger partial charge in [0.05, 0.1) is 23.0 Å². The van der Waals surface area contributed by atoms with Gasteiger partial charge >= 0.3 is 0 Å². The Balaban J connectivity index is 2.09. The van der Waals surface area contributed by atoms with E-state index in [9.17, 15) is 0 Å². The third kappa shape index (κ3) is 2.28. The lowest BCUT2D eigenvalue weighted by Gasteiger charge is -2.07. The molecular formula is C13H15N5. The molecule has 0 saturated carbocycles. The fraction of sp³-hybridized carbons (Fsp3) is 0.231. The maximum atomic E-state index is 8.72. The van der Waals surface area contributed by atoms with Crippen molar-refractivity contribution in [2.45, 2.75) is 13.5 Å². The van der Waals surface area contributed by atoms with Gasteiger partial charge in [-0.3, -0.25) is 4.68 Å². The molecule has 0 atom stereocenters. The standard InChI is InChI=1S/C13H15N5/c1-9-12(15)13(18(2)17-9)16-8-11-5-3-10(7-14)4-6-11/h3-6,16H,8,15H2,1-2H3. The first-order valence-corrected chi connectivity index (χ1v) is 5.64. The van der Waals surface area contributed by atoms with Crippen molar-refractivity contribution in [1.82, 2.24) is 9.78 Å². The van der Waals surface area contributed by atoms with Crippen molar-refractivity contribution in [3.8, 4) is 6.07 Å². The number of anilines is 2. The van der Waals surface area contributed by atoms with E-state index in [-0.39, 0.29) is 0 Å². The highest BCUT2D eigenvalue weighted by Gasteiger charge is 2.08. The number of aromatic nitrogens is 2. The summed E-state index contributed by atoms with van der Waals surface area (Å²) in [6.07, 6.45) is 0. The van der Waals surface area contributed by atoms with Crippen molar-refractivity contribution in [1.29, 1.82) is 5.26 Å².